The maximum absolute atomic E-state index is 11.2. The van der Waals surface area contributed by atoms with Crippen LogP contribution >= 0.6 is 0 Å². The maximum Gasteiger partial charge on any atom is 0.270 e. The number of aliphatic imine (C=N–C) groups is 1. The molecule has 0 unspecified atom stereocenters. The molecule has 1 N–H and O–H groups in total. The van der Waals surface area contributed by atoms with Gasteiger partial charge in [-0.1, -0.05) is 0 Å². The molecular weight excluding hydrogens is 342 g/mol. The molecule has 0 saturated carbocycles. The van der Waals surface area contributed by atoms with Crippen LogP contribution in [-0.2, 0) is 14.2 Å². The number of rotatable bonds is 3. The predicted octanol–water partition coefficient (Wildman–Crippen LogP) is 1.66. The number of nitrogens with zero attached hydrogens (tertiary/aromatic N) is 3. The van der Waals surface area contributed by atoms with Gasteiger partial charge in [0.1, 0.15) is 0 Å². The minimum atomic E-state index is -0.450. The van der Waals surface area contributed by atoms with Crippen LogP contribution < -0.4 is 0 Å². The summed E-state index contributed by atoms with van der Waals surface area (Å²) in [6, 6.07) is 4.31. The molecule has 2 aliphatic heterocycles. The highest BCUT2D eigenvalue weighted by molar-refractivity contribution is 6.14. The third-order valence-electron chi connectivity index (χ3n) is 4.59. The molecule has 9 nitrogen and oxygen atoms in total. The number of benzene rings is 1. The average Bonchev–Trinajstić information content (AvgIpc) is 2.80. The Morgan fingerprint density at radius 1 is 1.19 bits per heavy atom. The Morgan fingerprint density at radius 2 is 1.96 bits per heavy atom. The van der Waals surface area contributed by atoms with E-state index in [1.807, 2.05) is 0 Å². The van der Waals surface area contributed by atoms with Gasteiger partial charge in [-0.3, -0.25) is 15.1 Å². The molecule has 1 aromatic heterocycles. The normalized spacial score (nSPS) is 19.3. The fraction of sp³-hybridized carbons (Fsp3) is 0.471. The Bertz CT molecular complexity index is 867. The van der Waals surface area contributed by atoms with Crippen LogP contribution in [0.25, 0.3) is 10.9 Å². The van der Waals surface area contributed by atoms with Crippen LogP contribution in [0.2, 0.25) is 0 Å². The quantitative estimate of drug-likeness (QED) is 0.658. The lowest BCUT2D eigenvalue weighted by atomic mass is 10.1. The summed E-state index contributed by atoms with van der Waals surface area (Å²) in [5.74, 6) is 0.00356. The topological polar surface area (TPSA) is 108 Å². The summed E-state index contributed by atoms with van der Waals surface area (Å²) in [4.78, 5) is 15.2. The largest absolute Gasteiger partial charge is 0.494 e. The molecule has 138 valence electrons. The molecule has 0 radical (unpaired) electrons. The van der Waals surface area contributed by atoms with Gasteiger partial charge in [-0.15, -0.1) is 0 Å². The lowest BCUT2D eigenvalue weighted by molar-refractivity contribution is -0.384. The van der Waals surface area contributed by atoms with E-state index < -0.39 is 4.92 Å². The Morgan fingerprint density at radius 3 is 2.62 bits per heavy atom. The summed E-state index contributed by atoms with van der Waals surface area (Å²) < 4.78 is 18.3. The molecule has 4 rings (SSSR count). The number of nitro groups is 1. The fourth-order valence-corrected chi connectivity index (χ4v) is 3.42. The third kappa shape index (κ3) is 2.94. The second-order valence-electron chi connectivity index (χ2n) is 6.21. The van der Waals surface area contributed by atoms with E-state index in [1.54, 1.807) is 10.6 Å². The number of ether oxygens (including phenoxy) is 3. The third-order valence-corrected chi connectivity index (χ3v) is 4.59. The van der Waals surface area contributed by atoms with Crippen molar-refractivity contribution in [2.45, 2.75) is 6.04 Å². The van der Waals surface area contributed by atoms with Crippen molar-refractivity contribution in [3.63, 3.8) is 0 Å². The molecule has 1 aromatic carbocycles. The monoisotopic (exact) mass is 361 g/mol. The van der Waals surface area contributed by atoms with E-state index in [2.05, 4.69) is 4.99 Å². The van der Waals surface area contributed by atoms with Crippen LogP contribution in [0, 0.1) is 10.1 Å². The highest BCUT2D eigenvalue weighted by Gasteiger charge is 2.28. The first kappa shape index (κ1) is 17.0. The second kappa shape index (κ2) is 7.02. The summed E-state index contributed by atoms with van der Waals surface area (Å²) in [5, 5.41) is 22.8. The van der Waals surface area contributed by atoms with Crippen molar-refractivity contribution in [1.29, 1.82) is 0 Å². The summed E-state index contributed by atoms with van der Waals surface area (Å²) in [6.07, 6.45) is 0. The van der Waals surface area contributed by atoms with Gasteiger partial charge in [0, 0.05) is 17.5 Å². The van der Waals surface area contributed by atoms with Crippen molar-refractivity contribution in [3.8, 4) is 5.88 Å². The van der Waals surface area contributed by atoms with E-state index in [1.165, 1.54) is 12.1 Å². The standard InChI is InChI=1S/C17H19N3O6/c21-17-16(14-10-24-4-3-18-14)13-7-11(20(22)23)1-2-15(13)19(17)12-8-25-5-6-26-9-12/h1-2,7,12,21H,3-6,8-10H2. The van der Waals surface area contributed by atoms with Gasteiger partial charge in [-0.05, 0) is 6.07 Å². The minimum Gasteiger partial charge on any atom is -0.494 e. The van der Waals surface area contributed by atoms with Gasteiger partial charge < -0.3 is 23.9 Å². The molecule has 0 bridgehead atoms. The smallest absolute Gasteiger partial charge is 0.270 e. The van der Waals surface area contributed by atoms with Gasteiger partial charge in [-0.2, -0.15) is 0 Å². The predicted molar refractivity (Wildman–Crippen MR) is 93.2 cm³/mol. The van der Waals surface area contributed by atoms with Gasteiger partial charge in [0.2, 0.25) is 5.88 Å². The van der Waals surface area contributed by atoms with E-state index >= 15 is 0 Å². The first-order chi connectivity index (χ1) is 12.7. The number of aromatic hydroxyl groups is 1. The summed E-state index contributed by atoms with van der Waals surface area (Å²) in [6.45, 7) is 3.03. The lowest BCUT2D eigenvalue weighted by Crippen LogP contribution is -2.20. The molecule has 26 heavy (non-hydrogen) atoms. The average molecular weight is 361 g/mol. The Labute approximate surface area is 148 Å². The molecular formula is C17H19N3O6. The molecule has 0 atom stereocenters. The lowest BCUT2D eigenvalue weighted by Gasteiger charge is -2.18. The molecule has 2 aliphatic rings. The van der Waals surface area contributed by atoms with Crippen molar-refractivity contribution >= 4 is 22.3 Å². The zero-order valence-electron chi connectivity index (χ0n) is 14.1. The molecule has 1 saturated heterocycles. The number of hydrogen-bond donors (Lipinski definition) is 1. The van der Waals surface area contributed by atoms with Crippen LogP contribution in [0.3, 0.4) is 0 Å². The highest BCUT2D eigenvalue weighted by Crippen LogP contribution is 2.37. The molecule has 0 aliphatic carbocycles. The molecule has 1 fully saturated rings. The van der Waals surface area contributed by atoms with E-state index in [9.17, 15) is 15.2 Å². The van der Waals surface area contributed by atoms with Crippen LogP contribution in [0.5, 0.6) is 5.88 Å². The minimum absolute atomic E-state index is 0.00356. The zero-order chi connectivity index (χ0) is 18.1. The number of fused-ring (bicyclic) bond motifs is 1. The summed E-state index contributed by atoms with van der Waals surface area (Å²) in [7, 11) is 0. The van der Waals surface area contributed by atoms with Crippen LogP contribution in [-0.4, -0.2) is 66.5 Å². The molecule has 0 amide bonds. The number of hydrogen-bond acceptors (Lipinski definition) is 7. The van der Waals surface area contributed by atoms with Gasteiger partial charge >= 0.3 is 0 Å². The van der Waals surface area contributed by atoms with E-state index in [-0.39, 0.29) is 24.2 Å². The summed E-state index contributed by atoms with van der Waals surface area (Å²) in [5.41, 5.74) is 1.71. The SMILES string of the molecule is O=[N+]([O-])c1ccc2c(c1)c(C1=NCCOC1)c(O)n2C1COCCOC1. The van der Waals surface area contributed by atoms with Gasteiger partial charge in [0.15, 0.2) is 0 Å². The molecule has 3 heterocycles. The second-order valence-corrected chi connectivity index (χ2v) is 6.21. The number of nitro benzene ring substituents is 1. The van der Waals surface area contributed by atoms with Gasteiger partial charge in [0.25, 0.3) is 5.69 Å². The number of non-ortho nitro benzene ring substituents is 1. The maximum atomic E-state index is 11.2. The Hall–Kier alpha value is -2.49. The Kier molecular flexibility index (Phi) is 4.58. The van der Waals surface area contributed by atoms with Crippen molar-refractivity contribution < 1.29 is 24.2 Å². The van der Waals surface area contributed by atoms with E-state index in [0.29, 0.717) is 61.8 Å². The molecule has 0 spiro atoms. The van der Waals surface area contributed by atoms with Crippen LogP contribution in [0.4, 0.5) is 5.69 Å². The van der Waals surface area contributed by atoms with Crippen molar-refractivity contribution in [1.82, 2.24) is 4.57 Å². The highest BCUT2D eigenvalue weighted by atomic mass is 16.6. The van der Waals surface area contributed by atoms with Crippen LogP contribution in [0.15, 0.2) is 23.2 Å². The van der Waals surface area contributed by atoms with E-state index in [0.717, 1.165) is 0 Å². The number of aromatic nitrogens is 1. The van der Waals surface area contributed by atoms with Gasteiger partial charge in [0.05, 0.1) is 73.9 Å². The zero-order valence-corrected chi connectivity index (χ0v) is 14.1. The van der Waals surface area contributed by atoms with Gasteiger partial charge in [-0.25, -0.2) is 0 Å². The molecule has 2 aromatic rings. The summed E-state index contributed by atoms with van der Waals surface area (Å²) >= 11 is 0. The van der Waals surface area contributed by atoms with Crippen LogP contribution in [0.1, 0.15) is 11.6 Å². The van der Waals surface area contributed by atoms with Crippen molar-refractivity contribution in [2.75, 3.05) is 46.2 Å². The first-order valence-corrected chi connectivity index (χ1v) is 8.45. The Balaban J connectivity index is 1.92. The first-order valence-electron chi connectivity index (χ1n) is 8.45. The van der Waals surface area contributed by atoms with E-state index in [4.69, 9.17) is 14.2 Å². The van der Waals surface area contributed by atoms with Crippen molar-refractivity contribution in [3.05, 3.63) is 33.9 Å². The fourth-order valence-electron chi connectivity index (χ4n) is 3.42. The van der Waals surface area contributed by atoms with Crippen molar-refractivity contribution in [2.24, 2.45) is 4.99 Å². The molecule has 9 heteroatoms.